The van der Waals surface area contributed by atoms with Crippen LogP contribution in [0.25, 0.3) is 0 Å². The van der Waals surface area contributed by atoms with Crippen molar-refractivity contribution in [3.05, 3.63) is 59.4 Å². The fourth-order valence-electron chi connectivity index (χ4n) is 3.50. The maximum absolute atomic E-state index is 13.4. The van der Waals surface area contributed by atoms with E-state index in [0.717, 1.165) is 61.4 Å². The second-order valence-corrected chi connectivity index (χ2v) is 9.00. The Balaban J connectivity index is 0.000000546. The molecule has 1 unspecified atom stereocenters. The van der Waals surface area contributed by atoms with Gasteiger partial charge < -0.3 is 15.4 Å². The molecule has 0 aromatic heterocycles. The molecule has 202 valence electrons. The van der Waals surface area contributed by atoms with E-state index in [0.29, 0.717) is 12.2 Å². The molecule has 7 heteroatoms. The van der Waals surface area contributed by atoms with Crippen LogP contribution in [0.1, 0.15) is 81.6 Å². The minimum Gasteiger partial charge on any atom is -0.494 e. The lowest BCUT2D eigenvalue weighted by molar-refractivity contribution is -0.118. The number of benzene rings is 2. The molecule has 36 heavy (non-hydrogen) atoms. The molecule has 2 aromatic carbocycles. The van der Waals surface area contributed by atoms with Gasteiger partial charge in [-0.3, -0.25) is 9.59 Å². The predicted octanol–water partition coefficient (Wildman–Crippen LogP) is 5.94. The van der Waals surface area contributed by atoms with Crippen LogP contribution in [0.4, 0.5) is 4.39 Å². The summed E-state index contributed by atoms with van der Waals surface area (Å²) < 4.78 is 18.3. The van der Waals surface area contributed by atoms with Crippen molar-refractivity contribution in [3.8, 4) is 5.75 Å². The van der Waals surface area contributed by atoms with Crippen molar-refractivity contribution < 1.29 is 18.7 Å². The Kier molecular flexibility index (Phi) is 20.5. The molecule has 0 spiro atoms. The third-order valence-corrected chi connectivity index (χ3v) is 5.84. The number of nitrogens with two attached hydrogens (primary N) is 1. The van der Waals surface area contributed by atoms with Crippen molar-refractivity contribution >= 4 is 26.7 Å². The van der Waals surface area contributed by atoms with Crippen LogP contribution in [0, 0.1) is 5.82 Å². The van der Waals surface area contributed by atoms with Gasteiger partial charge >= 0.3 is 0 Å². The number of hydrogen-bond donors (Lipinski definition) is 1. The van der Waals surface area contributed by atoms with Crippen molar-refractivity contribution in [2.24, 2.45) is 5.73 Å². The predicted molar refractivity (Wildman–Crippen MR) is 153 cm³/mol. The monoisotopic (exact) mass is 520 g/mol. The number of carbonyl (C=O) groups excluding carboxylic acids is 2. The molecule has 1 amide bonds. The normalized spacial score (nSPS) is 12.2. The summed E-state index contributed by atoms with van der Waals surface area (Å²) in [6, 6.07) is 12.6. The third-order valence-electron chi connectivity index (χ3n) is 5.45. The molecule has 1 atom stereocenters. The van der Waals surface area contributed by atoms with Gasteiger partial charge in [-0.2, -0.15) is 0 Å². The van der Waals surface area contributed by atoms with Gasteiger partial charge in [0.05, 0.1) is 7.11 Å². The molecular formula is C29H46FN2O3P. The maximum atomic E-state index is 13.4. The van der Waals surface area contributed by atoms with Crippen LogP contribution in [-0.2, 0) is 11.2 Å². The summed E-state index contributed by atoms with van der Waals surface area (Å²) in [5.41, 5.74) is 6.68. The number of likely N-dealkylation sites (tertiary alicyclic amines) is 1. The Morgan fingerprint density at radius 1 is 1.08 bits per heavy atom. The SMILES string of the molecule is CC.CCCCCC(N)=O.COc1ccc(CCCN2CCCC2)cc1F.O=Cc1ccc(P)cc1. The number of carbonyl (C=O) groups is 2. The molecule has 1 heterocycles. The van der Waals surface area contributed by atoms with E-state index in [9.17, 15) is 14.0 Å². The summed E-state index contributed by atoms with van der Waals surface area (Å²) in [5.74, 6) is -0.113. The fourth-order valence-corrected chi connectivity index (χ4v) is 3.69. The Morgan fingerprint density at radius 3 is 2.22 bits per heavy atom. The fraction of sp³-hybridized carbons (Fsp3) is 0.517. The minimum absolute atomic E-state index is 0.182. The van der Waals surface area contributed by atoms with Gasteiger partial charge in [-0.1, -0.05) is 63.9 Å². The molecule has 0 radical (unpaired) electrons. The number of aryl methyl sites for hydroxylation is 1. The largest absolute Gasteiger partial charge is 0.494 e. The van der Waals surface area contributed by atoms with Crippen LogP contribution in [-0.4, -0.2) is 43.8 Å². The average molecular weight is 521 g/mol. The molecular weight excluding hydrogens is 474 g/mol. The first-order chi connectivity index (χ1) is 17.4. The van der Waals surface area contributed by atoms with E-state index in [-0.39, 0.29) is 11.7 Å². The summed E-state index contributed by atoms with van der Waals surface area (Å²) >= 11 is 0. The maximum Gasteiger partial charge on any atom is 0.217 e. The van der Waals surface area contributed by atoms with E-state index >= 15 is 0 Å². The van der Waals surface area contributed by atoms with Crippen LogP contribution in [0.2, 0.25) is 0 Å². The summed E-state index contributed by atoms with van der Waals surface area (Å²) in [4.78, 5) is 22.7. The molecule has 0 saturated carbocycles. The zero-order valence-corrected chi connectivity index (χ0v) is 23.8. The highest BCUT2D eigenvalue weighted by molar-refractivity contribution is 7.27. The van der Waals surface area contributed by atoms with Crippen molar-refractivity contribution in [2.45, 2.75) is 72.1 Å². The van der Waals surface area contributed by atoms with Gasteiger partial charge in [-0.25, -0.2) is 4.39 Å². The number of primary amides is 1. The molecule has 2 aromatic rings. The van der Waals surface area contributed by atoms with Crippen molar-refractivity contribution in [1.29, 1.82) is 0 Å². The Morgan fingerprint density at radius 2 is 1.72 bits per heavy atom. The summed E-state index contributed by atoms with van der Waals surface area (Å²) in [5, 5.41) is 1.10. The highest BCUT2D eigenvalue weighted by Gasteiger charge is 2.10. The first-order valence-electron chi connectivity index (χ1n) is 13.0. The molecule has 1 fully saturated rings. The Labute approximate surface area is 220 Å². The quantitative estimate of drug-likeness (QED) is 0.239. The van der Waals surface area contributed by atoms with Gasteiger partial charge in [0.25, 0.3) is 0 Å². The lowest BCUT2D eigenvalue weighted by Gasteiger charge is -2.14. The molecule has 5 nitrogen and oxygen atoms in total. The highest BCUT2D eigenvalue weighted by atomic mass is 31.0. The summed E-state index contributed by atoms with van der Waals surface area (Å²) in [7, 11) is 4.05. The number of methoxy groups -OCH3 is 1. The van der Waals surface area contributed by atoms with Gasteiger partial charge in [0, 0.05) is 12.0 Å². The number of aldehydes is 1. The third kappa shape index (κ3) is 16.4. The van der Waals surface area contributed by atoms with E-state index in [1.807, 2.05) is 32.0 Å². The zero-order valence-electron chi connectivity index (χ0n) is 22.6. The number of halogens is 1. The number of amides is 1. The van der Waals surface area contributed by atoms with Crippen LogP contribution in [0.15, 0.2) is 42.5 Å². The molecule has 2 N–H and O–H groups in total. The van der Waals surface area contributed by atoms with Crippen LogP contribution >= 0.6 is 9.24 Å². The van der Waals surface area contributed by atoms with E-state index < -0.39 is 0 Å². The topological polar surface area (TPSA) is 72.6 Å². The second-order valence-electron chi connectivity index (χ2n) is 8.33. The lowest BCUT2D eigenvalue weighted by atomic mass is 10.1. The second kappa shape index (κ2) is 21.9. The summed E-state index contributed by atoms with van der Waals surface area (Å²) in [6.45, 7) is 9.70. The van der Waals surface area contributed by atoms with Gasteiger partial charge in [-0.05, 0) is 74.7 Å². The molecule has 3 rings (SSSR count). The standard InChI is InChI=1S/C14H20FNO.C7H7OP.C6H13NO.C2H6/c1-17-14-7-6-12(11-13(14)15)5-4-10-16-8-2-3-9-16;8-5-6-1-3-7(9)4-2-6;1-2-3-4-5-6(7)8;1-2/h6-7,11H,2-5,8-10H2,1H3;1-5H,9H2;2-5H2,1H3,(H2,7,8);1-2H3. The number of unbranched alkanes of at least 4 members (excludes halogenated alkanes) is 2. The number of hydrogen-bond acceptors (Lipinski definition) is 4. The molecule has 0 aliphatic carbocycles. The first kappa shape index (κ1) is 33.7. The van der Waals surface area contributed by atoms with E-state index in [2.05, 4.69) is 21.1 Å². The Hall–Kier alpha value is -2.30. The van der Waals surface area contributed by atoms with E-state index in [1.54, 1.807) is 24.3 Å². The van der Waals surface area contributed by atoms with Crippen molar-refractivity contribution in [1.82, 2.24) is 4.90 Å². The van der Waals surface area contributed by atoms with Crippen LogP contribution in [0.3, 0.4) is 0 Å². The van der Waals surface area contributed by atoms with Gasteiger partial charge in [0.15, 0.2) is 11.6 Å². The van der Waals surface area contributed by atoms with E-state index in [4.69, 9.17) is 10.5 Å². The van der Waals surface area contributed by atoms with Gasteiger partial charge in [0.2, 0.25) is 5.91 Å². The number of nitrogens with zero attached hydrogens (tertiary/aromatic N) is 1. The first-order valence-corrected chi connectivity index (χ1v) is 13.6. The molecule has 1 aliphatic rings. The van der Waals surface area contributed by atoms with E-state index in [1.165, 1.54) is 33.0 Å². The number of rotatable bonds is 10. The molecule has 1 saturated heterocycles. The highest BCUT2D eigenvalue weighted by Crippen LogP contribution is 2.18. The summed E-state index contributed by atoms with van der Waals surface area (Å²) in [6.07, 6.45) is 9.30. The van der Waals surface area contributed by atoms with Crippen molar-refractivity contribution in [3.63, 3.8) is 0 Å². The zero-order chi connectivity index (χ0) is 27.2. The van der Waals surface area contributed by atoms with Crippen molar-refractivity contribution in [2.75, 3.05) is 26.7 Å². The average Bonchev–Trinajstić information content (AvgIpc) is 3.40. The van der Waals surface area contributed by atoms with Crippen LogP contribution in [0.5, 0.6) is 5.75 Å². The smallest absolute Gasteiger partial charge is 0.217 e. The minimum atomic E-state index is -0.258. The van der Waals surface area contributed by atoms with Gasteiger partial charge in [-0.15, -0.1) is 9.24 Å². The Bertz CT molecular complexity index is 841. The molecule has 0 bridgehead atoms. The number of ether oxygens (including phenoxy) is 1. The molecule has 1 aliphatic heterocycles. The van der Waals surface area contributed by atoms with Crippen LogP contribution < -0.4 is 15.8 Å². The lowest BCUT2D eigenvalue weighted by Crippen LogP contribution is -2.20. The van der Waals surface area contributed by atoms with Gasteiger partial charge in [0.1, 0.15) is 6.29 Å².